The van der Waals surface area contributed by atoms with Gasteiger partial charge in [0.05, 0.1) is 0 Å². The fraction of sp³-hybridized carbons (Fsp3) is 0.308. The monoisotopic (exact) mass is 370 g/mol. The minimum Gasteiger partial charge on any atom is -0.313 e. The summed E-state index contributed by atoms with van der Waals surface area (Å²) < 4.78 is 2.43. The molecule has 2 N–H and O–H groups in total. The second-order valence-electron chi connectivity index (χ2n) is 4.34. The normalized spacial score (nSPS) is 10.8. The molecule has 0 saturated carbocycles. The third-order valence-corrected chi connectivity index (χ3v) is 4.52. The van der Waals surface area contributed by atoms with E-state index in [1.54, 1.807) is 7.05 Å². The highest BCUT2D eigenvalue weighted by atomic mass is 79.9. The van der Waals surface area contributed by atoms with Crippen molar-refractivity contribution in [2.75, 3.05) is 6.54 Å². The molecule has 2 rings (SSSR count). The van der Waals surface area contributed by atoms with Crippen LogP contribution in [0.4, 0.5) is 0 Å². The maximum absolute atomic E-state index is 11.3. The van der Waals surface area contributed by atoms with E-state index in [0.29, 0.717) is 5.16 Å². The van der Waals surface area contributed by atoms with E-state index in [-0.39, 0.29) is 0 Å². The summed E-state index contributed by atoms with van der Waals surface area (Å²) in [5.41, 5.74) is -0.341. The molecule has 2 aromatic rings. The van der Waals surface area contributed by atoms with Crippen LogP contribution in [0.2, 0.25) is 0 Å². The first-order chi connectivity index (χ1) is 10.0. The Morgan fingerprint density at radius 2 is 2.19 bits per heavy atom. The van der Waals surface area contributed by atoms with E-state index >= 15 is 0 Å². The van der Waals surface area contributed by atoms with Gasteiger partial charge < -0.3 is 5.32 Å². The highest BCUT2D eigenvalue weighted by Crippen LogP contribution is 2.28. The lowest BCUT2D eigenvalue weighted by Crippen LogP contribution is -2.33. The highest BCUT2D eigenvalue weighted by molar-refractivity contribution is 9.10. The summed E-state index contributed by atoms with van der Waals surface area (Å²) in [6.45, 7) is 3.75. The van der Waals surface area contributed by atoms with Gasteiger partial charge in [-0.1, -0.05) is 40.7 Å². The minimum atomic E-state index is -0.779. The SMILES string of the molecule is CCNCc1ccc(Sc2nc(=O)c(=O)[nH]n2C)cc1Br. The van der Waals surface area contributed by atoms with E-state index in [9.17, 15) is 9.59 Å². The molecule has 0 saturated heterocycles. The lowest BCUT2D eigenvalue weighted by atomic mass is 10.2. The Balaban J connectivity index is 2.24. The van der Waals surface area contributed by atoms with Crippen molar-refractivity contribution in [1.29, 1.82) is 0 Å². The van der Waals surface area contributed by atoms with E-state index < -0.39 is 11.1 Å². The van der Waals surface area contributed by atoms with Gasteiger partial charge in [0, 0.05) is 23.0 Å². The average Bonchev–Trinajstić information content (AvgIpc) is 2.44. The molecule has 1 aromatic carbocycles. The predicted octanol–water partition coefficient (Wildman–Crippen LogP) is 1.49. The molecule has 0 unspecified atom stereocenters. The van der Waals surface area contributed by atoms with Gasteiger partial charge in [-0.25, -0.2) is 0 Å². The van der Waals surface area contributed by atoms with Crippen LogP contribution < -0.4 is 16.4 Å². The molecule has 0 radical (unpaired) electrons. The Morgan fingerprint density at radius 1 is 1.43 bits per heavy atom. The van der Waals surface area contributed by atoms with Crippen LogP contribution in [-0.2, 0) is 13.6 Å². The second kappa shape index (κ2) is 7.06. The van der Waals surface area contributed by atoms with Crippen molar-refractivity contribution < 1.29 is 0 Å². The van der Waals surface area contributed by atoms with Crippen molar-refractivity contribution in [3.05, 3.63) is 48.9 Å². The van der Waals surface area contributed by atoms with Gasteiger partial charge in [0.25, 0.3) is 0 Å². The quantitative estimate of drug-likeness (QED) is 0.779. The smallest absolute Gasteiger partial charge is 0.313 e. The third kappa shape index (κ3) is 4.05. The number of aromatic amines is 1. The van der Waals surface area contributed by atoms with Crippen LogP contribution in [0.1, 0.15) is 12.5 Å². The number of hydrogen-bond donors (Lipinski definition) is 2. The zero-order valence-corrected chi connectivity index (χ0v) is 14.0. The molecule has 0 fully saturated rings. The van der Waals surface area contributed by atoms with Crippen molar-refractivity contribution in [1.82, 2.24) is 20.1 Å². The number of nitrogens with one attached hydrogen (secondary N) is 2. The van der Waals surface area contributed by atoms with Gasteiger partial charge >= 0.3 is 11.1 Å². The van der Waals surface area contributed by atoms with Crippen LogP contribution in [0.15, 0.2) is 42.3 Å². The zero-order chi connectivity index (χ0) is 15.4. The number of aryl methyl sites for hydroxylation is 1. The van der Waals surface area contributed by atoms with Crippen molar-refractivity contribution in [3.63, 3.8) is 0 Å². The Morgan fingerprint density at radius 3 is 2.86 bits per heavy atom. The third-order valence-electron chi connectivity index (χ3n) is 2.75. The summed E-state index contributed by atoms with van der Waals surface area (Å²) in [6.07, 6.45) is 0. The number of aromatic nitrogens is 3. The summed E-state index contributed by atoms with van der Waals surface area (Å²) in [5.74, 6) is 0. The summed E-state index contributed by atoms with van der Waals surface area (Å²) in [4.78, 5) is 27.2. The van der Waals surface area contributed by atoms with Crippen LogP contribution >= 0.6 is 27.7 Å². The minimum absolute atomic E-state index is 0.436. The predicted molar refractivity (Wildman–Crippen MR) is 85.7 cm³/mol. The molecule has 0 aliphatic carbocycles. The molecule has 8 heteroatoms. The van der Waals surface area contributed by atoms with Crippen molar-refractivity contribution in [2.24, 2.45) is 7.05 Å². The highest BCUT2D eigenvalue weighted by Gasteiger charge is 2.08. The van der Waals surface area contributed by atoms with Crippen LogP contribution in [0.25, 0.3) is 0 Å². The molecule has 0 spiro atoms. The molecule has 1 heterocycles. The lowest BCUT2D eigenvalue weighted by molar-refractivity contribution is 0.596. The molecule has 0 aliphatic heterocycles. The maximum Gasteiger partial charge on any atom is 0.339 e. The largest absolute Gasteiger partial charge is 0.339 e. The Bertz CT molecular complexity index is 757. The van der Waals surface area contributed by atoms with Crippen LogP contribution in [0.5, 0.6) is 0 Å². The van der Waals surface area contributed by atoms with Crippen LogP contribution in [0.3, 0.4) is 0 Å². The first-order valence-electron chi connectivity index (χ1n) is 6.35. The standard InChI is InChI=1S/C13H15BrN4O2S/c1-3-15-7-8-4-5-9(6-10(8)14)21-13-16-11(19)12(20)17-18(13)2/h4-6,15H,3,7H2,1-2H3,(H,17,20). The van der Waals surface area contributed by atoms with Crippen molar-refractivity contribution >= 4 is 27.7 Å². The first-order valence-corrected chi connectivity index (χ1v) is 7.96. The fourth-order valence-electron chi connectivity index (χ4n) is 1.65. The summed E-state index contributed by atoms with van der Waals surface area (Å²) in [7, 11) is 1.64. The number of halogens is 1. The molecule has 21 heavy (non-hydrogen) atoms. The molecular weight excluding hydrogens is 356 g/mol. The Labute approximate surface area is 134 Å². The van der Waals surface area contributed by atoms with Crippen LogP contribution in [-0.4, -0.2) is 21.3 Å². The fourth-order valence-corrected chi connectivity index (χ4v) is 3.16. The van der Waals surface area contributed by atoms with Gasteiger partial charge in [-0.05, 0) is 24.2 Å². The number of benzene rings is 1. The van der Waals surface area contributed by atoms with E-state index in [1.165, 1.54) is 16.4 Å². The molecule has 1 aromatic heterocycles. The summed E-state index contributed by atoms with van der Waals surface area (Å²) in [6, 6.07) is 5.94. The average molecular weight is 371 g/mol. The molecule has 0 aliphatic rings. The second-order valence-corrected chi connectivity index (χ2v) is 6.23. The number of nitrogens with zero attached hydrogens (tertiary/aromatic N) is 2. The van der Waals surface area contributed by atoms with Gasteiger partial charge in [0.15, 0.2) is 5.16 Å². The first kappa shape index (κ1) is 16.0. The van der Waals surface area contributed by atoms with Gasteiger partial charge in [-0.3, -0.25) is 19.4 Å². The molecule has 0 bridgehead atoms. The van der Waals surface area contributed by atoms with Gasteiger partial charge in [0.2, 0.25) is 0 Å². The number of hydrogen-bond acceptors (Lipinski definition) is 5. The summed E-state index contributed by atoms with van der Waals surface area (Å²) in [5, 5.41) is 6.12. The Kier molecular flexibility index (Phi) is 5.38. The molecule has 112 valence electrons. The van der Waals surface area contributed by atoms with Gasteiger partial charge in [-0.15, -0.1) is 0 Å². The zero-order valence-electron chi connectivity index (χ0n) is 11.6. The topological polar surface area (TPSA) is 79.8 Å². The Hall–Kier alpha value is -1.38. The van der Waals surface area contributed by atoms with Crippen LogP contribution in [0, 0.1) is 0 Å². The molecule has 0 amide bonds. The van der Waals surface area contributed by atoms with E-state index in [1.807, 2.05) is 18.2 Å². The van der Waals surface area contributed by atoms with E-state index in [4.69, 9.17) is 0 Å². The van der Waals surface area contributed by atoms with Crippen molar-refractivity contribution in [2.45, 2.75) is 23.5 Å². The maximum atomic E-state index is 11.3. The lowest BCUT2D eigenvalue weighted by Gasteiger charge is -2.09. The van der Waals surface area contributed by atoms with E-state index in [0.717, 1.165) is 28.0 Å². The number of rotatable bonds is 5. The summed E-state index contributed by atoms with van der Waals surface area (Å²) >= 11 is 4.85. The van der Waals surface area contributed by atoms with E-state index in [2.05, 4.69) is 38.3 Å². The van der Waals surface area contributed by atoms with Gasteiger partial charge in [0.1, 0.15) is 0 Å². The number of H-pyrrole nitrogens is 1. The molecule has 0 atom stereocenters. The van der Waals surface area contributed by atoms with Crippen molar-refractivity contribution in [3.8, 4) is 0 Å². The molecular formula is C13H15BrN4O2S. The van der Waals surface area contributed by atoms with Gasteiger partial charge in [-0.2, -0.15) is 4.98 Å². The molecule has 6 nitrogen and oxygen atoms in total.